The standard InChI is InChI=1S/C16H18ClFN4S/c1-2-23-16-20-13-11-10(19-14(17)12(13)18)7-6-9-5-3-4-8-22(9)15(11)21-16/h9H,2-8H2,1H3. The molecule has 4 rings (SSSR count). The maximum Gasteiger partial charge on any atom is 0.190 e. The minimum absolute atomic E-state index is 0.0792. The highest BCUT2D eigenvalue weighted by Gasteiger charge is 2.31. The van der Waals surface area contributed by atoms with Crippen molar-refractivity contribution in [2.24, 2.45) is 0 Å². The van der Waals surface area contributed by atoms with Crippen molar-refractivity contribution in [3.63, 3.8) is 0 Å². The average molecular weight is 353 g/mol. The molecule has 7 heteroatoms. The lowest BCUT2D eigenvalue weighted by Gasteiger charge is -2.36. The number of fused-ring (bicyclic) bond motifs is 2. The molecule has 23 heavy (non-hydrogen) atoms. The zero-order valence-corrected chi connectivity index (χ0v) is 14.6. The van der Waals surface area contributed by atoms with Crippen LogP contribution in [0.2, 0.25) is 5.15 Å². The Kier molecular flexibility index (Phi) is 4.05. The molecular weight excluding hydrogens is 335 g/mol. The molecule has 2 aromatic heterocycles. The summed E-state index contributed by atoms with van der Waals surface area (Å²) in [7, 11) is 0. The van der Waals surface area contributed by atoms with Crippen LogP contribution in [0.15, 0.2) is 5.16 Å². The van der Waals surface area contributed by atoms with Gasteiger partial charge in [-0.3, -0.25) is 0 Å². The predicted octanol–water partition coefficient (Wildman–Crippen LogP) is 4.23. The van der Waals surface area contributed by atoms with E-state index in [1.807, 2.05) is 6.92 Å². The lowest BCUT2D eigenvalue weighted by atomic mass is 9.99. The minimum Gasteiger partial charge on any atom is -0.353 e. The summed E-state index contributed by atoms with van der Waals surface area (Å²) >= 11 is 7.55. The van der Waals surface area contributed by atoms with E-state index in [0.29, 0.717) is 16.7 Å². The van der Waals surface area contributed by atoms with Gasteiger partial charge in [0.05, 0.1) is 11.1 Å². The molecule has 0 aromatic carbocycles. The predicted molar refractivity (Wildman–Crippen MR) is 92.0 cm³/mol. The summed E-state index contributed by atoms with van der Waals surface area (Å²) in [6.07, 6.45) is 5.36. The third-order valence-electron chi connectivity index (χ3n) is 4.67. The van der Waals surface area contributed by atoms with Gasteiger partial charge in [-0.25, -0.2) is 19.3 Å². The van der Waals surface area contributed by atoms with Crippen LogP contribution in [-0.4, -0.2) is 33.3 Å². The van der Waals surface area contributed by atoms with Crippen molar-refractivity contribution in [1.29, 1.82) is 0 Å². The van der Waals surface area contributed by atoms with Crippen molar-refractivity contribution in [2.45, 2.75) is 50.2 Å². The fourth-order valence-electron chi connectivity index (χ4n) is 3.64. The maximum atomic E-state index is 14.6. The van der Waals surface area contributed by atoms with E-state index in [2.05, 4.69) is 14.9 Å². The Morgan fingerprint density at radius 1 is 1.26 bits per heavy atom. The number of pyridine rings is 1. The molecule has 1 unspecified atom stereocenters. The Labute approximate surface area is 143 Å². The van der Waals surface area contributed by atoms with E-state index < -0.39 is 5.82 Å². The van der Waals surface area contributed by atoms with Gasteiger partial charge < -0.3 is 4.90 Å². The van der Waals surface area contributed by atoms with Gasteiger partial charge in [0.25, 0.3) is 0 Å². The third-order valence-corrected chi connectivity index (χ3v) is 5.65. The largest absolute Gasteiger partial charge is 0.353 e. The smallest absolute Gasteiger partial charge is 0.190 e. The molecule has 122 valence electrons. The van der Waals surface area contributed by atoms with Crippen molar-refractivity contribution < 1.29 is 4.39 Å². The SMILES string of the molecule is CCSc1nc2c3c(nc(Cl)c(F)c3n1)CCC1CCCCN21. The quantitative estimate of drug-likeness (QED) is 0.459. The highest BCUT2D eigenvalue weighted by Crippen LogP contribution is 2.39. The van der Waals surface area contributed by atoms with Crippen LogP contribution in [0.5, 0.6) is 0 Å². The summed E-state index contributed by atoms with van der Waals surface area (Å²) < 4.78 is 14.6. The summed E-state index contributed by atoms with van der Waals surface area (Å²) in [5.41, 5.74) is 1.16. The summed E-state index contributed by atoms with van der Waals surface area (Å²) in [5.74, 6) is 1.18. The molecule has 1 atom stereocenters. The topological polar surface area (TPSA) is 41.9 Å². The van der Waals surface area contributed by atoms with E-state index >= 15 is 0 Å². The van der Waals surface area contributed by atoms with Gasteiger partial charge in [0.15, 0.2) is 16.1 Å². The molecule has 2 aromatic rings. The second-order valence-corrected chi connectivity index (χ2v) is 7.62. The third kappa shape index (κ3) is 2.56. The molecule has 1 fully saturated rings. The van der Waals surface area contributed by atoms with Crippen LogP contribution < -0.4 is 4.90 Å². The van der Waals surface area contributed by atoms with Crippen molar-refractivity contribution in [1.82, 2.24) is 15.0 Å². The monoisotopic (exact) mass is 352 g/mol. The second kappa shape index (κ2) is 6.06. The second-order valence-electron chi connectivity index (χ2n) is 6.03. The molecule has 0 bridgehead atoms. The van der Waals surface area contributed by atoms with Gasteiger partial charge in [0.1, 0.15) is 11.3 Å². The number of hydrogen-bond acceptors (Lipinski definition) is 5. The van der Waals surface area contributed by atoms with Crippen LogP contribution in [-0.2, 0) is 6.42 Å². The molecule has 0 spiro atoms. The van der Waals surface area contributed by atoms with Gasteiger partial charge in [-0.2, -0.15) is 0 Å². The van der Waals surface area contributed by atoms with Gasteiger partial charge in [-0.15, -0.1) is 0 Å². The van der Waals surface area contributed by atoms with Gasteiger partial charge >= 0.3 is 0 Å². The molecule has 2 aliphatic rings. The van der Waals surface area contributed by atoms with E-state index in [1.165, 1.54) is 18.2 Å². The van der Waals surface area contributed by atoms with Crippen LogP contribution in [0.1, 0.15) is 38.3 Å². The molecule has 0 aliphatic carbocycles. The Morgan fingerprint density at radius 2 is 2.13 bits per heavy atom. The number of hydrogen-bond donors (Lipinski definition) is 0. The van der Waals surface area contributed by atoms with E-state index in [-0.39, 0.29) is 5.15 Å². The molecule has 0 radical (unpaired) electrons. The number of thioether (sulfide) groups is 1. The van der Waals surface area contributed by atoms with Crippen molar-refractivity contribution in [2.75, 3.05) is 17.2 Å². The van der Waals surface area contributed by atoms with Gasteiger partial charge in [-0.1, -0.05) is 30.3 Å². The number of aromatic nitrogens is 3. The number of piperidine rings is 1. The molecule has 0 saturated carbocycles. The Balaban J connectivity index is 2.01. The number of nitrogens with zero attached hydrogens (tertiary/aromatic N) is 4. The fourth-order valence-corrected chi connectivity index (χ4v) is 4.40. The van der Waals surface area contributed by atoms with Crippen molar-refractivity contribution >= 4 is 40.1 Å². The van der Waals surface area contributed by atoms with Gasteiger partial charge in [-0.05, 0) is 37.9 Å². The zero-order valence-electron chi connectivity index (χ0n) is 13.0. The van der Waals surface area contributed by atoms with Crippen LogP contribution >= 0.6 is 23.4 Å². The molecule has 2 aliphatic heterocycles. The first-order valence-electron chi connectivity index (χ1n) is 8.14. The minimum atomic E-state index is -0.525. The van der Waals surface area contributed by atoms with Crippen molar-refractivity contribution in [3.8, 4) is 0 Å². The van der Waals surface area contributed by atoms with Crippen LogP contribution in [0, 0.1) is 5.82 Å². The summed E-state index contributed by atoms with van der Waals surface area (Å²) in [6, 6.07) is 0.456. The molecule has 1 saturated heterocycles. The highest BCUT2D eigenvalue weighted by molar-refractivity contribution is 7.99. The lowest BCUT2D eigenvalue weighted by Crippen LogP contribution is -2.39. The lowest BCUT2D eigenvalue weighted by molar-refractivity contribution is 0.438. The van der Waals surface area contributed by atoms with E-state index in [0.717, 1.165) is 54.9 Å². The molecular formula is C16H18ClFN4S. The number of anilines is 1. The first kappa shape index (κ1) is 15.4. The Morgan fingerprint density at radius 3 is 2.96 bits per heavy atom. The summed E-state index contributed by atoms with van der Waals surface area (Å²) in [4.78, 5) is 15.8. The Hall–Kier alpha value is -1.14. The van der Waals surface area contributed by atoms with E-state index in [4.69, 9.17) is 16.6 Å². The van der Waals surface area contributed by atoms with E-state index in [9.17, 15) is 4.39 Å². The van der Waals surface area contributed by atoms with Crippen LogP contribution in [0.3, 0.4) is 0 Å². The molecule has 0 N–H and O–H groups in total. The van der Waals surface area contributed by atoms with Crippen LogP contribution in [0.4, 0.5) is 10.2 Å². The molecule has 4 heterocycles. The van der Waals surface area contributed by atoms with Gasteiger partial charge in [0.2, 0.25) is 0 Å². The number of rotatable bonds is 2. The highest BCUT2D eigenvalue weighted by atomic mass is 35.5. The Bertz CT molecular complexity index is 770. The zero-order chi connectivity index (χ0) is 16.0. The number of halogens is 2. The van der Waals surface area contributed by atoms with E-state index in [1.54, 1.807) is 0 Å². The maximum absolute atomic E-state index is 14.6. The van der Waals surface area contributed by atoms with Crippen molar-refractivity contribution in [3.05, 3.63) is 16.7 Å². The average Bonchev–Trinajstić information content (AvgIpc) is 2.71. The summed E-state index contributed by atoms with van der Waals surface area (Å²) in [5, 5.41) is 1.30. The van der Waals surface area contributed by atoms with Gasteiger partial charge in [0, 0.05) is 12.6 Å². The fraction of sp³-hybridized carbons (Fsp3) is 0.562. The molecule has 4 nitrogen and oxygen atoms in total. The first-order valence-corrected chi connectivity index (χ1v) is 9.50. The summed E-state index contributed by atoms with van der Waals surface area (Å²) in [6.45, 7) is 3.01. The number of aryl methyl sites for hydroxylation is 1. The first-order chi connectivity index (χ1) is 11.2. The normalized spacial score (nSPS) is 20.5. The molecule has 0 amide bonds. The van der Waals surface area contributed by atoms with Crippen LogP contribution in [0.25, 0.3) is 10.9 Å².